The molecule has 2 aliphatic rings. The fraction of sp³-hybridized carbons (Fsp3) is 0.222. The molecular formula is C18H16I2. The van der Waals surface area contributed by atoms with Crippen molar-refractivity contribution in [1.29, 1.82) is 0 Å². The third kappa shape index (κ3) is 2.34. The van der Waals surface area contributed by atoms with Crippen molar-refractivity contribution in [3.8, 4) is 0 Å². The smallest absolute Gasteiger partial charge is 0.0466 e. The zero-order chi connectivity index (χ0) is 13.4. The van der Waals surface area contributed by atoms with Crippen LogP contribution < -0.4 is 0 Å². The van der Waals surface area contributed by atoms with Gasteiger partial charge < -0.3 is 0 Å². The number of alkyl halides is 2. The first-order chi connectivity index (χ1) is 9.93. The Morgan fingerprint density at radius 2 is 1.10 bits per heavy atom. The average Bonchev–Trinajstić information content (AvgIpc) is 2.54. The molecule has 0 aliphatic carbocycles. The van der Waals surface area contributed by atoms with Gasteiger partial charge in [0.2, 0.25) is 0 Å². The van der Waals surface area contributed by atoms with Crippen molar-refractivity contribution >= 4 is 49.5 Å². The highest BCUT2D eigenvalue weighted by molar-refractivity contribution is 14.2. The van der Waals surface area contributed by atoms with Gasteiger partial charge in [-0.15, -0.1) is 41.5 Å². The van der Waals surface area contributed by atoms with E-state index in [0.717, 1.165) is 7.85 Å². The molecule has 0 bridgehead atoms. The molecule has 2 aromatic carbocycles. The Labute approximate surface area is 140 Å². The predicted octanol–water partition coefficient (Wildman–Crippen LogP) is 5.13. The van der Waals surface area contributed by atoms with Crippen LogP contribution in [0.5, 0.6) is 0 Å². The Morgan fingerprint density at radius 3 is 1.60 bits per heavy atom. The predicted molar refractivity (Wildman–Crippen MR) is 106 cm³/mol. The standard InChI is InChI=1S/C18H16I2/c1-3-7-15-13(5-1)9-11-19-17(15)18-16-8-4-2-6-14(16)10-12-20-18/h1-8,11-12,17-18H,9-10H2. The Kier molecular flexibility index (Phi) is 3.86. The van der Waals surface area contributed by atoms with E-state index in [9.17, 15) is 0 Å². The fourth-order valence-corrected chi connectivity index (χ4v) is 11.2. The van der Waals surface area contributed by atoms with Crippen LogP contribution in [0.15, 0.2) is 48.5 Å². The monoisotopic (exact) mass is 486 g/mol. The van der Waals surface area contributed by atoms with E-state index < -0.39 is 0 Å². The van der Waals surface area contributed by atoms with Crippen LogP contribution >= 0.6 is 41.5 Å². The zero-order valence-corrected chi connectivity index (χ0v) is 15.4. The van der Waals surface area contributed by atoms with Crippen molar-refractivity contribution in [2.24, 2.45) is 0 Å². The molecule has 2 aromatic rings. The summed E-state index contributed by atoms with van der Waals surface area (Å²) in [4.78, 5) is 0. The van der Waals surface area contributed by atoms with Gasteiger partial charge in [0.25, 0.3) is 0 Å². The first-order valence-electron chi connectivity index (χ1n) is 6.96. The lowest BCUT2D eigenvalue weighted by Crippen LogP contribution is -2.12. The first kappa shape index (κ1) is 13.3. The maximum absolute atomic E-state index is 2.60. The van der Waals surface area contributed by atoms with Gasteiger partial charge >= 0.3 is 0 Å². The van der Waals surface area contributed by atoms with Crippen LogP contribution in [-0.4, -0.2) is 8.02 Å². The van der Waals surface area contributed by atoms with Crippen LogP contribution in [0, 0.1) is 0 Å². The largest absolute Gasteiger partial charge is 0.117 e. The Balaban J connectivity index is 1.82. The van der Waals surface area contributed by atoms with Crippen LogP contribution in [0.25, 0.3) is 0 Å². The van der Waals surface area contributed by atoms with E-state index in [-0.39, 0.29) is 41.5 Å². The van der Waals surface area contributed by atoms with Crippen LogP contribution in [-0.2, 0) is 12.8 Å². The quantitative estimate of drug-likeness (QED) is 0.388. The normalized spacial score (nSPS) is 24.0. The van der Waals surface area contributed by atoms with Gasteiger partial charge in [-0.1, -0.05) is 48.5 Å². The summed E-state index contributed by atoms with van der Waals surface area (Å²) in [5, 5.41) is 0. The number of benzene rings is 2. The third-order valence-electron chi connectivity index (χ3n) is 4.01. The van der Waals surface area contributed by atoms with E-state index >= 15 is 0 Å². The van der Waals surface area contributed by atoms with Crippen LogP contribution in [0.1, 0.15) is 30.1 Å². The van der Waals surface area contributed by atoms with Gasteiger partial charge in [0.15, 0.2) is 0 Å². The van der Waals surface area contributed by atoms with Crippen molar-refractivity contribution in [3.63, 3.8) is 0 Å². The molecule has 0 aromatic heterocycles. The average molecular weight is 486 g/mol. The van der Waals surface area contributed by atoms with Gasteiger partial charge in [-0.05, 0) is 43.1 Å². The number of hydrogen-bond acceptors (Lipinski definition) is 0. The van der Waals surface area contributed by atoms with Crippen molar-refractivity contribution < 1.29 is 0 Å². The topological polar surface area (TPSA) is 0 Å². The Hall–Kier alpha value is -0.360. The molecule has 4 rings (SSSR count). The highest BCUT2D eigenvalue weighted by Crippen LogP contribution is 2.52. The lowest BCUT2D eigenvalue weighted by molar-refractivity contribution is 0.939. The number of rotatable bonds is 1. The molecule has 2 heteroatoms. The summed E-state index contributed by atoms with van der Waals surface area (Å²) in [6.45, 7) is 0. The van der Waals surface area contributed by atoms with Crippen molar-refractivity contribution in [3.05, 3.63) is 70.8 Å². The lowest BCUT2D eigenvalue weighted by Gasteiger charge is -2.29. The van der Waals surface area contributed by atoms with Gasteiger partial charge in [0.05, 0.1) is 0 Å². The molecule has 2 aliphatic heterocycles. The molecule has 0 saturated carbocycles. The second-order valence-corrected chi connectivity index (χ2v) is 11.1. The highest BCUT2D eigenvalue weighted by Gasteiger charge is 2.28. The van der Waals surface area contributed by atoms with Crippen molar-refractivity contribution in [2.45, 2.75) is 20.7 Å². The summed E-state index contributed by atoms with van der Waals surface area (Å²) in [5.74, 6) is 0. The Morgan fingerprint density at radius 1 is 0.650 bits per heavy atom. The van der Waals surface area contributed by atoms with Gasteiger partial charge in [0, 0.05) is 7.85 Å². The minimum atomic E-state index is 0.191. The van der Waals surface area contributed by atoms with Crippen LogP contribution in [0.4, 0.5) is 0 Å². The van der Waals surface area contributed by atoms with Gasteiger partial charge in [-0.25, -0.2) is 0 Å². The number of hydrogen-bond donors (Lipinski definition) is 0. The van der Waals surface area contributed by atoms with E-state index in [2.05, 4.69) is 56.6 Å². The molecule has 0 fully saturated rings. The summed E-state index contributed by atoms with van der Waals surface area (Å²) in [6.07, 6.45) is 2.41. The van der Waals surface area contributed by atoms with Crippen LogP contribution in [0.3, 0.4) is 0 Å². The molecule has 0 N–H and O–H groups in total. The molecule has 2 unspecified atom stereocenters. The van der Waals surface area contributed by atoms with E-state index in [1.165, 1.54) is 12.8 Å². The minimum Gasteiger partial charge on any atom is -0.117 e. The highest BCUT2D eigenvalue weighted by atomic mass is 127. The summed E-state index contributed by atoms with van der Waals surface area (Å²) in [7, 11) is 0. The summed E-state index contributed by atoms with van der Waals surface area (Å²) in [5.41, 5.74) is 6.49. The molecule has 102 valence electrons. The lowest BCUT2D eigenvalue weighted by atomic mass is 9.95. The molecule has 0 saturated heterocycles. The van der Waals surface area contributed by atoms with E-state index in [0.29, 0.717) is 0 Å². The fourth-order valence-electron chi connectivity index (χ4n) is 3.00. The maximum atomic E-state index is 2.60. The van der Waals surface area contributed by atoms with Gasteiger partial charge in [-0.2, -0.15) is 0 Å². The number of halogens is 2. The molecule has 0 amide bonds. The molecule has 2 atom stereocenters. The summed E-state index contributed by atoms with van der Waals surface area (Å²) in [6, 6.07) is 18.3. The molecule has 20 heavy (non-hydrogen) atoms. The van der Waals surface area contributed by atoms with E-state index in [4.69, 9.17) is 0 Å². The molecule has 0 nitrogen and oxygen atoms in total. The van der Waals surface area contributed by atoms with Crippen LogP contribution in [0.2, 0.25) is 0 Å². The second kappa shape index (κ2) is 5.79. The minimum absolute atomic E-state index is 0.191. The van der Waals surface area contributed by atoms with Crippen molar-refractivity contribution in [2.75, 3.05) is 0 Å². The van der Waals surface area contributed by atoms with Gasteiger partial charge in [-0.3, -0.25) is 0 Å². The number of fused-ring (bicyclic) bond motifs is 2. The molecule has 2 heterocycles. The van der Waals surface area contributed by atoms with E-state index in [1.807, 2.05) is 0 Å². The van der Waals surface area contributed by atoms with Gasteiger partial charge in [0.1, 0.15) is 0 Å². The van der Waals surface area contributed by atoms with Crippen molar-refractivity contribution in [1.82, 2.24) is 0 Å². The first-order valence-corrected chi connectivity index (χ1v) is 11.9. The zero-order valence-electron chi connectivity index (χ0n) is 11.1. The summed E-state index contributed by atoms with van der Waals surface area (Å²) < 4.78 is 6.85. The Bertz CT molecular complexity index is 639. The third-order valence-corrected chi connectivity index (χ3v) is 11.6. The maximum Gasteiger partial charge on any atom is 0.0466 e. The molecule has 0 spiro atoms. The van der Waals surface area contributed by atoms with E-state index in [1.54, 1.807) is 22.3 Å². The molecular weight excluding hydrogens is 470 g/mol. The molecule has 0 radical (unpaired) electrons. The SMILES string of the molecule is C1=IC(C2I=CCc3ccccc32)c2ccccc2C1. The second-order valence-electron chi connectivity index (χ2n) is 5.17. The summed E-state index contributed by atoms with van der Waals surface area (Å²) >= 11 is 0.382.